The molecule has 1 atom stereocenters. The van der Waals surface area contributed by atoms with Crippen LogP contribution in [-0.4, -0.2) is 21.9 Å². The second-order valence-corrected chi connectivity index (χ2v) is 6.38. The Morgan fingerprint density at radius 3 is 2.70 bits per heavy atom. The van der Waals surface area contributed by atoms with Gasteiger partial charge < -0.3 is 10.3 Å². The summed E-state index contributed by atoms with van der Waals surface area (Å²) < 4.78 is 0. The van der Waals surface area contributed by atoms with Gasteiger partial charge >= 0.3 is 0 Å². The molecule has 2 aliphatic carbocycles. The molecular formula is C16H25N3O. The zero-order chi connectivity index (χ0) is 13.9. The summed E-state index contributed by atoms with van der Waals surface area (Å²) in [5.74, 6) is 1.36. The minimum atomic E-state index is 0.130. The maximum absolute atomic E-state index is 12.4. The third-order valence-electron chi connectivity index (χ3n) is 4.74. The highest BCUT2D eigenvalue weighted by atomic mass is 16.1. The largest absolute Gasteiger partial charge is 0.353 e. The van der Waals surface area contributed by atoms with Crippen molar-refractivity contribution in [3.05, 3.63) is 17.2 Å². The average Bonchev–Trinajstić information content (AvgIpc) is 2.62. The van der Waals surface area contributed by atoms with Crippen LogP contribution in [0.1, 0.15) is 62.2 Å². The monoisotopic (exact) mass is 275 g/mol. The second-order valence-electron chi connectivity index (χ2n) is 6.38. The molecule has 110 valence electrons. The summed E-state index contributed by atoms with van der Waals surface area (Å²) in [6, 6.07) is 0.412. The van der Waals surface area contributed by atoms with Crippen LogP contribution < -0.4 is 5.32 Å². The summed E-state index contributed by atoms with van der Waals surface area (Å²) in [4.78, 5) is 20.2. The number of nitrogens with one attached hydrogen (secondary N) is 2. The quantitative estimate of drug-likeness (QED) is 0.815. The van der Waals surface area contributed by atoms with Crippen molar-refractivity contribution in [3.63, 3.8) is 0 Å². The molecule has 2 N–H and O–H groups in total. The maximum atomic E-state index is 12.4. The highest BCUT2D eigenvalue weighted by Gasteiger charge is 2.28. The molecule has 2 aliphatic rings. The summed E-state index contributed by atoms with van der Waals surface area (Å²) in [5, 5.41) is 3.29. The molecule has 3 rings (SSSR count). The minimum Gasteiger partial charge on any atom is -0.353 e. The molecule has 20 heavy (non-hydrogen) atoms. The Morgan fingerprint density at radius 1 is 1.20 bits per heavy atom. The van der Waals surface area contributed by atoms with Crippen molar-refractivity contribution in [1.29, 1.82) is 0 Å². The van der Waals surface area contributed by atoms with E-state index in [0.717, 1.165) is 37.9 Å². The van der Waals surface area contributed by atoms with Crippen molar-refractivity contribution >= 4 is 5.91 Å². The van der Waals surface area contributed by atoms with Gasteiger partial charge in [-0.2, -0.15) is 0 Å². The Balaban J connectivity index is 1.58. The number of fused-ring (bicyclic) bond motifs is 1. The van der Waals surface area contributed by atoms with Gasteiger partial charge in [-0.15, -0.1) is 0 Å². The highest BCUT2D eigenvalue weighted by molar-refractivity contribution is 5.79. The van der Waals surface area contributed by atoms with Crippen LogP contribution in [0.3, 0.4) is 0 Å². The van der Waals surface area contributed by atoms with Crippen LogP contribution >= 0.6 is 0 Å². The van der Waals surface area contributed by atoms with Crippen molar-refractivity contribution in [2.24, 2.45) is 5.92 Å². The molecule has 1 aromatic heterocycles. The van der Waals surface area contributed by atoms with E-state index in [2.05, 4.69) is 15.3 Å². The van der Waals surface area contributed by atoms with Crippen LogP contribution in [0.2, 0.25) is 0 Å². The highest BCUT2D eigenvalue weighted by Crippen LogP contribution is 2.25. The van der Waals surface area contributed by atoms with Crippen LogP contribution in [-0.2, 0) is 17.6 Å². The van der Waals surface area contributed by atoms with Crippen LogP contribution in [0.4, 0.5) is 0 Å². The molecule has 1 heterocycles. The van der Waals surface area contributed by atoms with Crippen molar-refractivity contribution < 1.29 is 4.79 Å². The number of carbonyl (C=O) groups is 1. The van der Waals surface area contributed by atoms with Gasteiger partial charge in [0, 0.05) is 24.1 Å². The zero-order valence-electron chi connectivity index (χ0n) is 12.4. The lowest BCUT2D eigenvalue weighted by Gasteiger charge is -2.24. The van der Waals surface area contributed by atoms with Crippen LogP contribution in [0.25, 0.3) is 0 Å². The zero-order valence-corrected chi connectivity index (χ0v) is 12.4. The van der Waals surface area contributed by atoms with E-state index >= 15 is 0 Å². The molecule has 1 unspecified atom stereocenters. The van der Waals surface area contributed by atoms with Crippen molar-refractivity contribution in [3.8, 4) is 0 Å². The Hall–Kier alpha value is -1.32. The Labute approximate surface area is 120 Å². The maximum Gasteiger partial charge on any atom is 0.223 e. The first-order valence-corrected chi connectivity index (χ1v) is 8.07. The van der Waals surface area contributed by atoms with E-state index in [0.29, 0.717) is 6.04 Å². The van der Waals surface area contributed by atoms with E-state index in [9.17, 15) is 4.79 Å². The van der Waals surface area contributed by atoms with Gasteiger partial charge in [0.25, 0.3) is 0 Å². The lowest BCUT2D eigenvalue weighted by Crippen LogP contribution is -2.40. The predicted octanol–water partition coefficient (Wildman–Crippen LogP) is 2.66. The van der Waals surface area contributed by atoms with Gasteiger partial charge in [-0.05, 0) is 32.6 Å². The molecule has 4 nitrogen and oxygen atoms in total. The second kappa shape index (κ2) is 5.98. The molecule has 1 amide bonds. The molecule has 0 radical (unpaired) electrons. The number of H-pyrrole nitrogens is 1. The van der Waals surface area contributed by atoms with Crippen LogP contribution in [0, 0.1) is 12.8 Å². The molecule has 1 fully saturated rings. The molecule has 4 heteroatoms. The number of imidazole rings is 1. The SMILES string of the molecule is Cc1nc2c([nH]1)CC(C(=O)NC1CCCCCC1)CC2. The van der Waals surface area contributed by atoms with Gasteiger partial charge in [0.2, 0.25) is 5.91 Å². The molecule has 0 spiro atoms. The fourth-order valence-electron chi connectivity index (χ4n) is 3.59. The fraction of sp³-hybridized carbons (Fsp3) is 0.750. The Kier molecular flexibility index (Phi) is 4.08. The molecule has 0 bridgehead atoms. The smallest absolute Gasteiger partial charge is 0.223 e. The molecule has 0 aromatic carbocycles. The van der Waals surface area contributed by atoms with E-state index < -0.39 is 0 Å². The molecule has 0 saturated heterocycles. The van der Waals surface area contributed by atoms with Crippen molar-refractivity contribution in [2.45, 2.75) is 70.8 Å². The Morgan fingerprint density at radius 2 is 1.95 bits per heavy atom. The minimum absolute atomic E-state index is 0.130. The number of hydrogen-bond donors (Lipinski definition) is 2. The third-order valence-corrected chi connectivity index (χ3v) is 4.74. The Bertz CT molecular complexity index is 472. The van der Waals surface area contributed by atoms with Crippen molar-refractivity contribution in [2.75, 3.05) is 0 Å². The van der Waals surface area contributed by atoms with Gasteiger partial charge in [0.1, 0.15) is 5.82 Å². The predicted molar refractivity (Wildman–Crippen MR) is 78.5 cm³/mol. The van der Waals surface area contributed by atoms with Gasteiger partial charge in [-0.3, -0.25) is 4.79 Å². The van der Waals surface area contributed by atoms with E-state index in [4.69, 9.17) is 0 Å². The molecule has 0 aliphatic heterocycles. The first-order valence-electron chi connectivity index (χ1n) is 8.07. The van der Waals surface area contributed by atoms with E-state index in [1.165, 1.54) is 37.1 Å². The number of aromatic amines is 1. The number of nitrogens with zero attached hydrogens (tertiary/aromatic N) is 1. The summed E-state index contributed by atoms with van der Waals surface area (Å²) in [6.07, 6.45) is 10.2. The van der Waals surface area contributed by atoms with E-state index in [-0.39, 0.29) is 11.8 Å². The van der Waals surface area contributed by atoms with Gasteiger partial charge in [-0.1, -0.05) is 25.7 Å². The summed E-state index contributed by atoms with van der Waals surface area (Å²) in [7, 11) is 0. The molecular weight excluding hydrogens is 250 g/mol. The number of aryl methyl sites for hydroxylation is 2. The van der Waals surface area contributed by atoms with Crippen molar-refractivity contribution in [1.82, 2.24) is 15.3 Å². The van der Waals surface area contributed by atoms with Gasteiger partial charge in [-0.25, -0.2) is 4.98 Å². The number of aromatic nitrogens is 2. The van der Waals surface area contributed by atoms with E-state index in [1.807, 2.05) is 6.92 Å². The van der Waals surface area contributed by atoms with Crippen LogP contribution in [0.5, 0.6) is 0 Å². The first-order chi connectivity index (χ1) is 9.72. The van der Waals surface area contributed by atoms with Gasteiger partial charge in [0.05, 0.1) is 5.69 Å². The lowest BCUT2D eigenvalue weighted by molar-refractivity contribution is -0.126. The normalized spacial score (nSPS) is 23.9. The first kappa shape index (κ1) is 13.7. The standard InChI is InChI=1S/C16H25N3O/c1-11-17-14-9-8-12(10-15(14)18-11)16(20)19-13-6-4-2-3-5-7-13/h12-13H,2-10H2,1H3,(H,17,18)(H,19,20). The lowest BCUT2D eigenvalue weighted by atomic mass is 9.89. The van der Waals surface area contributed by atoms with Gasteiger partial charge in [0.15, 0.2) is 0 Å². The number of hydrogen-bond acceptors (Lipinski definition) is 2. The molecule has 1 aromatic rings. The molecule has 1 saturated carbocycles. The number of rotatable bonds is 2. The topological polar surface area (TPSA) is 57.8 Å². The third kappa shape index (κ3) is 3.05. The van der Waals surface area contributed by atoms with E-state index in [1.54, 1.807) is 0 Å². The number of carbonyl (C=O) groups excluding carboxylic acids is 1. The summed E-state index contributed by atoms with van der Waals surface area (Å²) in [6.45, 7) is 1.99. The fourth-order valence-corrected chi connectivity index (χ4v) is 3.59. The summed E-state index contributed by atoms with van der Waals surface area (Å²) >= 11 is 0. The average molecular weight is 275 g/mol. The summed E-state index contributed by atoms with van der Waals surface area (Å²) in [5.41, 5.74) is 2.34. The van der Waals surface area contributed by atoms with Crippen LogP contribution in [0.15, 0.2) is 0 Å². The number of amides is 1.